The number of hydrogen-bond donors (Lipinski definition) is 0. The van der Waals surface area contributed by atoms with Crippen molar-refractivity contribution in [1.29, 1.82) is 0 Å². The van der Waals surface area contributed by atoms with Gasteiger partial charge in [0.15, 0.2) is 5.78 Å². The number of rotatable bonds is 2. The Morgan fingerprint density at radius 3 is 2.75 bits per heavy atom. The first-order valence-corrected chi connectivity index (χ1v) is 5.89. The van der Waals surface area contributed by atoms with Gasteiger partial charge in [-0.2, -0.15) is 0 Å². The van der Waals surface area contributed by atoms with Gasteiger partial charge in [-0.25, -0.2) is 0 Å². The van der Waals surface area contributed by atoms with Crippen molar-refractivity contribution in [2.45, 2.75) is 51.0 Å². The molecule has 1 unspecified atom stereocenters. The minimum atomic E-state index is -0.778. The van der Waals surface area contributed by atoms with Crippen molar-refractivity contribution >= 4 is 17.5 Å². The molecule has 2 aliphatic heterocycles. The normalized spacial score (nSPS) is 30.2. The lowest BCUT2D eigenvalue weighted by Crippen LogP contribution is -2.52. The Morgan fingerprint density at radius 2 is 2.06 bits per heavy atom. The number of Topliss-reactive ketones (excluding diaryl/α,β-unsaturated/α-hetero) is 2. The van der Waals surface area contributed by atoms with Crippen LogP contribution in [0.15, 0.2) is 0 Å². The molecule has 0 N–H and O–H groups in total. The van der Waals surface area contributed by atoms with E-state index in [2.05, 4.69) is 0 Å². The third kappa shape index (κ3) is 1.66. The lowest BCUT2D eigenvalue weighted by Gasteiger charge is -2.35. The van der Waals surface area contributed by atoms with Gasteiger partial charge >= 0.3 is 0 Å². The maximum Gasteiger partial charge on any atom is 0.223 e. The van der Waals surface area contributed by atoms with E-state index in [1.165, 1.54) is 6.92 Å². The van der Waals surface area contributed by atoms with Gasteiger partial charge in [-0.1, -0.05) is 0 Å². The molecule has 16 heavy (non-hydrogen) atoms. The molecule has 2 saturated heterocycles. The second-order valence-corrected chi connectivity index (χ2v) is 4.84. The van der Waals surface area contributed by atoms with Crippen LogP contribution in [0.25, 0.3) is 0 Å². The molecule has 1 amide bonds. The van der Waals surface area contributed by atoms with E-state index in [4.69, 9.17) is 0 Å². The maximum absolute atomic E-state index is 12.2. The largest absolute Gasteiger partial charge is 0.330 e. The van der Waals surface area contributed by atoms with E-state index in [1.807, 2.05) is 0 Å². The van der Waals surface area contributed by atoms with Crippen LogP contribution in [0, 0.1) is 0 Å². The van der Waals surface area contributed by atoms with Gasteiger partial charge in [-0.15, -0.1) is 0 Å². The van der Waals surface area contributed by atoms with E-state index >= 15 is 0 Å². The summed E-state index contributed by atoms with van der Waals surface area (Å²) in [6, 6.07) is 0. The Kier molecular flexibility index (Phi) is 2.82. The molecule has 4 nitrogen and oxygen atoms in total. The first-order chi connectivity index (χ1) is 7.56. The van der Waals surface area contributed by atoms with Crippen LogP contribution in [-0.2, 0) is 14.4 Å². The van der Waals surface area contributed by atoms with Crippen molar-refractivity contribution in [1.82, 2.24) is 4.90 Å². The zero-order valence-electron chi connectivity index (χ0n) is 9.62. The van der Waals surface area contributed by atoms with Gasteiger partial charge in [0.2, 0.25) is 5.91 Å². The summed E-state index contributed by atoms with van der Waals surface area (Å²) < 4.78 is 0. The molecule has 0 spiro atoms. The van der Waals surface area contributed by atoms with Gasteiger partial charge in [-0.3, -0.25) is 14.4 Å². The number of fused-ring (bicyclic) bond motifs is 1. The van der Waals surface area contributed by atoms with Crippen LogP contribution in [0.2, 0.25) is 0 Å². The van der Waals surface area contributed by atoms with Crippen LogP contribution in [-0.4, -0.2) is 34.5 Å². The van der Waals surface area contributed by atoms with E-state index in [0.717, 1.165) is 6.42 Å². The summed E-state index contributed by atoms with van der Waals surface area (Å²) in [6.07, 6.45) is 3.23. The molecule has 1 atom stereocenters. The molecule has 0 saturated carbocycles. The van der Waals surface area contributed by atoms with Crippen molar-refractivity contribution in [2.24, 2.45) is 0 Å². The topological polar surface area (TPSA) is 54.5 Å². The molecule has 2 aliphatic rings. The summed E-state index contributed by atoms with van der Waals surface area (Å²) in [5.74, 6) is 0.130. The molecule has 2 fully saturated rings. The fourth-order valence-electron chi connectivity index (χ4n) is 2.99. The predicted molar refractivity (Wildman–Crippen MR) is 57.8 cm³/mol. The summed E-state index contributed by atoms with van der Waals surface area (Å²) in [5, 5.41) is 0. The third-order valence-electron chi connectivity index (χ3n) is 3.64. The van der Waals surface area contributed by atoms with Gasteiger partial charge in [0.25, 0.3) is 0 Å². The van der Waals surface area contributed by atoms with Crippen LogP contribution in [0.1, 0.15) is 45.4 Å². The fraction of sp³-hybridized carbons (Fsp3) is 0.750. The molecule has 0 aromatic carbocycles. The highest BCUT2D eigenvalue weighted by atomic mass is 16.2. The molecular formula is C12H17NO3. The van der Waals surface area contributed by atoms with E-state index in [1.54, 1.807) is 4.90 Å². The highest BCUT2D eigenvalue weighted by Crippen LogP contribution is 2.37. The Morgan fingerprint density at radius 1 is 1.31 bits per heavy atom. The number of carbonyl (C=O) groups is 3. The number of ketones is 2. The molecule has 2 heterocycles. The fourth-order valence-corrected chi connectivity index (χ4v) is 2.99. The Bertz CT molecular complexity index is 350. The summed E-state index contributed by atoms with van der Waals surface area (Å²) in [5.41, 5.74) is -0.778. The summed E-state index contributed by atoms with van der Waals surface area (Å²) in [6.45, 7) is 2.13. The third-order valence-corrected chi connectivity index (χ3v) is 3.64. The Labute approximate surface area is 95.0 Å². The van der Waals surface area contributed by atoms with E-state index < -0.39 is 5.54 Å². The standard InChI is InChI=1S/C12H17NO3/c1-9(14)8-12-6-3-7-13(12)11(16)5-2-4-10(12)15/h2-8H2,1H3. The summed E-state index contributed by atoms with van der Waals surface area (Å²) in [4.78, 5) is 37.0. The van der Waals surface area contributed by atoms with Crippen molar-refractivity contribution in [3.8, 4) is 0 Å². The molecule has 0 radical (unpaired) electrons. The monoisotopic (exact) mass is 223 g/mol. The SMILES string of the molecule is CC(=O)CC12CCCN1C(=O)CCCC2=O. The van der Waals surface area contributed by atoms with Crippen LogP contribution < -0.4 is 0 Å². The second kappa shape index (κ2) is 4.00. The first-order valence-electron chi connectivity index (χ1n) is 5.89. The van der Waals surface area contributed by atoms with Gasteiger partial charge in [-0.05, 0) is 26.2 Å². The average molecular weight is 223 g/mol. The van der Waals surface area contributed by atoms with E-state index in [9.17, 15) is 14.4 Å². The second-order valence-electron chi connectivity index (χ2n) is 4.84. The Balaban J connectivity index is 2.36. The first kappa shape index (κ1) is 11.3. The molecule has 0 aromatic heterocycles. The van der Waals surface area contributed by atoms with Crippen molar-refractivity contribution in [3.05, 3.63) is 0 Å². The molecule has 0 aliphatic carbocycles. The Hall–Kier alpha value is -1.19. The number of amides is 1. The molecule has 4 heteroatoms. The molecule has 88 valence electrons. The van der Waals surface area contributed by atoms with Crippen LogP contribution >= 0.6 is 0 Å². The highest BCUT2D eigenvalue weighted by molar-refractivity contribution is 5.98. The molecule has 2 rings (SSSR count). The smallest absolute Gasteiger partial charge is 0.223 e. The minimum absolute atomic E-state index is 0.00468. The van der Waals surface area contributed by atoms with Crippen molar-refractivity contribution in [3.63, 3.8) is 0 Å². The summed E-state index contributed by atoms with van der Waals surface area (Å²) in [7, 11) is 0. The van der Waals surface area contributed by atoms with Gasteiger partial charge < -0.3 is 4.90 Å². The van der Waals surface area contributed by atoms with Gasteiger partial charge in [0.05, 0.1) is 0 Å². The molecule has 0 bridgehead atoms. The van der Waals surface area contributed by atoms with Crippen LogP contribution in [0.4, 0.5) is 0 Å². The van der Waals surface area contributed by atoms with Crippen molar-refractivity contribution < 1.29 is 14.4 Å². The van der Waals surface area contributed by atoms with E-state index in [-0.39, 0.29) is 23.9 Å². The van der Waals surface area contributed by atoms with E-state index in [0.29, 0.717) is 32.2 Å². The van der Waals surface area contributed by atoms with Crippen LogP contribution in [0.3, 0.4) is 0 Å². The highest BCUT2D eigenvalue weighted by Gasteiger charge is 2.50. The zero-order chi connectivity index (χ0) is 11.8. The van der Waals surface area contributed by atoms with Crippen LogP contribution in [0.5, 0.6) is 0 Å². The molecule has 0 aromatic rings. The maximum atomic E-state index is 12.2. The average Bonchev–Trinajstić information content (AvgIpc) is 2.57. The number of hydrogen-bond acceptors (Lipinski definition) is 3. The number of carbonyl (C=O) groups excluding carboxylic acids is 3. The predicted octanol–water partition coefficient (Wildman–Crippen LogP) is 1.08. The lowest BCUT2D eigenvalue weighted by atomic mass is 9.84. The lowest BCUT2D eigenvalue weighted by molar-refractivity contribution is -0.143. The zero-order valence-corrected chi connectivity index (χ0v) is 9.62. The minimum Gasteiger partial charge on any atom is -0.330 e. The van der Waals surface area contributed by atoms with Crippen molar-refractivity contribution in [2.75, 3.05) is 6.54 Å². The summed E-state index contributed by atoms with van der Waals surface area (Å²) >= 11 is 0. The molecular weight excluding hydrogens is 206 g/mol. The number of nitrogens with zero attached hydrogens (tertiary/aromatic N) is 1. The quantitative estimate of drug-likeness (QED) is 0.704. The van der Waals surface area contributed by atoms with Gasteiger partial charge in [0.1, 0.15) is 11.3 Å². The van der Waals surface area contributed by atoms with Gasteiger partial charge in [0, 0.05) is 25.8 Å².